The smallest absolute Gasteiger partial charge is 0.123 e. The predicted molar refractivity (Wildman–Crippen MR) is 64.2 cm³/mol. The average molecular weight is 228 g/mol. The Morgan fingerprint density at radius 2 is 2.20 bits per heavy atom. The van der Waals surface area contributed by atoms with Gasteiger partial charge in [0, 0.05) is 5.75 Å². The van der Waals surface area contributed by atoms with E-state index in [2.05, 4.69) is 12.3 Å². The van der Waals surface area contributed by atoms with Crippen molar-refractivity contribution in [2.24, 2.45) is 5.84 Å². The highest BCUT2D eigenvalue weighted by molar-refractivity contribution is 7.99. The van der Waals surface area contributed by atoms with Crippen LogP contribution < -0.4 is 11.3 Å². The molecule has 1 rings (SSSR count). The van der Waals surface area contributed by atoms with Crippen LogP contribution in [0.15, 0.2) is 18.2 Å². The quantitative estimate of drug-likeness (QED) is 0.600. The molecule has 1 atom stereocenters. The summed E-state index contributed by atoms with van der Waals surface area (Å²) in [5.41, 5.74) is 4.56. The molecule has 4 heteroatoms. The number of nitrogens with two attached hydrogens (primary N) is 1. The number of thioether (sulfide) groups is 1. The second-order valence-corrected chi connectivity index (χ2v) is 4.76. The maximum atomic E-state index is 13.2. The lowest BCUT2D eigenvalue weighted by atomic mass is 10.1. The predicted octanol–water partition coefficient (Wildman–Crippen LogP) is 2.39. The molecule has 0 saturated heterocycles. The molecule has 0 aliphatic carbocycles. The van der Waals surface area contributed by atoms with Crippen LogP contribution >= 0.6 is 11.8 Å². The highest BCUT2D eigenvalue weighted by Gasteiger charge is 2.10. The molecule has 0 heterocycles. The summed E-state index contributed by atoms with van der Waals surface area (Å²) in [5, 5.41) is 0. The summed E-state index contributed by atoms with van der Waals surface area (Å²) in [6.07, 6.45) is 0. The van der Waals surface area contributed by atoms with Crippen LogP contribution in [0.1, 0.15) is 24.1 Å². The molecule has 0 aromatic heterocycles. The molecule has 0 radical (unpaired) electrons. The lowest BCUT2D eigenvalue weighted by Gasteiger charge is -2.16. The Bertz CT molecular complexity index is 297. The van der Waals surface area contributed by atoms with Crippen molar-refractivity contribution in [1.29, 1.82) is 0 Å². The van der Waals surface area contributed by atoms with E-state index in [1.807, 2.05) is 13.0 Å². The van der Waals surface area contributed by atoms with Crippen molar-refractivity contribution in [1.82, 2.24) is 5.43 Å². The van der Waals surface area contributed by atoms with E-state index in [4.69, 9.17) is 5.84 Å². The average Bonchev–Trinajstić information content (AvgIpc) is 2.17. The lowest BCUT2D eigenvalue weighted by Crippen LogP contribution is -2.29. The molecule has 84 valence electrons. The van der Waals surface area contributed by atoms with Crippen LogP contribution in [0.2, 0.25) is 0 Å². The minimum atomic E-state index is -0.202. The van der Waals surface area contributed by atoms with Crippen molar-refractivity contribution in [2.45, 2.75) is 19.9 Å². The van der Waals surface area contributed by atoms with Gasteiger partial charge in [-0.25, -0.2) is 4.39 Å². The second-order valence-electron chi connectivity index (χ2n) is 3.44. The first-order valence-corrected chi connectivity index (χ1v) is 6.13. The third-order valence-electron chi connectivity index (χ3n) is 2.16. The summed E-state index contributed by atoms with van der Waals surface area (Å²) in [4.78, 5) is 0. The Morgan fingerprint density at radius 3 is 2.73 bits per heavy atom. The van der Waals surface area contributed by atoms with Gasteiger partial charge in [-0.1, -0.05) is 13.0 Å². The van der Waals surface area contributed by atoms with E-state index >= 15 is 0 Å². The molecule has 0 aliphatic heterocycles. The number of nitrogens with one attached hydrogen (secondary N) is 1. The first-order valence-electron chi connectivity index (χ1n) is 4.98. The first kappa shape index (κ1) is 12.5. The van der Waals surface area contributed by atoms with E-state index in [0.29, 0.717) is 0 Å². The largest absolute Gasteiger partial charge is 0.271 e. The van der Waals surface area contributed by atoms with E-state index < -0.39 is 0 Å². The summed E-state index contributed by atoms with van der Waals surface area (Å²) in [6, 6.07) is 5.03. The van der Waals surface area contributed by atoms with Gasteiger partial charge in [0.25, 0.3) is 0 Å². The zero-order valence-electron chi connectivity index (χ0n) is 9.09. The van der Waals surface area contributed by atoms with Gasteiger partial charge in [0.05, 0.1) is 6.04 Å². The summed E-state index contributed by atoms with van der Waals surface area (Å²) in [5.74, 6) is 7.15. The lowest BCUT2D eigenvalue weighted by molar-refractivity contribution is 0.590. The Kier molecular flexibility index (Phi) is 5.08. The van der Waals surface area contributed by atoms with Gasteiger partial charge >= 0.3 is 0 Å². The van der Waals surface area contributed by atoms with Gasteiger partial charge in [-0.3, -0.25) is 11.3 Å². The van der Waals surface area contributed by atoms with E-state index in [9.17, 15) is 4.39 Å². The highest BCUT2D eigenvalue weighted by Crippen LogP contribution is 2.19. The van der Waals surface area contributed by atoms with Crippen molar-refractivity contribution < 1.29 is 4.39 Å². The molecule has 2 nitrogen and oxygen atoms in total. The molecule has 0 saturated carbocycles. The van der Waals surface area contributed by atoms with Crippen molar-refractivity contribution >= 4 is 11.8 Å². The molecular weight excluding hydrogens is 211 g/mol. The van der Waals surface area contributed by atoms with Crippen LogP contribution in [0, 0.1) is 12.7 Å². The molecule has 15 heavy (non-hydrogen) atoms. The molecule has 1 aromatic carbocycles. The topological polar surface area (TPSA) is 38.0 Å². The Hall–Kier alpha value is -0.580. The number of rotatable bonds is 5. The van der Waals surface area contributed by atoms with Crippen LogP contribution in [0.25, 0.3) is 0 Å². The fourth-order valence-corrected chi connectivity index (χ4v) is 2.20. The molecule has 1 aromatic rings. The zero-order chi connectivity index (χ0) is 11.3. The van der Waals surface area contributed by atoms with Crippen molar-refractivity contribution in [3.8, 4) is 0 Å². The van der Waals surface area contributed by atoms with Crippen LogP contribution in [0.3, 0.4) is 0 Å². The summed E-state index contributed by atoms with van der Waals surface area (Å²) >= 11 is 1.78. The molecule has 3 N–H and O–H groups in total. The van der Waals surface area contributed by atoms with Gasteiger partial charge in [-0.15, -0.1) is 0 Å². The van der Waals surface area contributed by atoms with E-state index in [-0.39, 0.29) is 11.9 Å². The molecule has 0 spiro atoms. The molecule has 0 bridgehead atoms. The maximum Gasteiger partial charge on any atom is 0.123 e. The molecule has 0 fully saturated rings. The highest BCUT2D eigenvalue weighted by atomic mass is 32.2. The maximum absolute atomic E-state index is 13.2. The van der Waals surface area contributed by atoms with Crippen LogP contribution in [-0.2, 0) is 0 Å². The standard InChI is InChI=1S/C11H17FN2S/c1-3-15-7-11(14-13)9-4-8(2)5-10(12)6-9/h4-6,11,14H,3,7,13H2,1-2H3. The van der Waals surface area contributed by atoms with Crippen LogP contribution in [-0.4, -0.2) is 11.5 Å². The summed E-state index contributed by atoms with van der Waals surface area (Å²) < 4.78 is 13.2. The first-order chi connectivity index (χ1) is 7.17. The molecular formula is C11H17FN2S. The third-order valence-corrected chi connectivity index (χ3v) is 3.13. The van der Waals surface area contributed by atoms with Crippen LogP contribution in [0.5, 0.6) is 0 Å². The molecule has 1 unspecified atom stereocenters. The van der Waals surface area contributed by atoms with Crippen molar-refractivity contribution in [3.05, 3.63) is 35.1 Å². The molecule has 0 aliphatic rings. The van der Waals surface area contributed by atoms with Gasteiger partial charge in [0.2, 0.25) is 0 Å². The number of aryl methyl sites for hydroxylation is 1. The van der Waals surface area contributed by atoms with Gasteiger partial charge in [-0.05, 0) is 35.9 Å². The Balaban J connectivity index is 2.81. The van der Waals surface area contributed by atoms with E-state index in [0.717, 1.165) is 22.6 Å². The summed E-state index contributed by atoms with van der Waals surface area (Å²) in [7, 11) is 0. The van der Waals surface area contributed by atoms with Gasteiger partial charge in [-0.2, -0.15) is 11.8 Å². The number of hydrazine groups is 1. The third kappa shape index (κ3) is 3.81. The fourth-order valence-electron chi connectivity index (χ4n) is 1.44. The number of halogens is 1. The fraction of sp³-hybridized carbons (Fsp3) is 0.455. The Morgan fingerprint density at radius 1 is 1.47 bits per heavy atom. The van der Waals surface area contributed by atoms with Crippen LogP contribution in [0.4, 0.5) is 4.39 Å². The normalized spacial score (nSPS) is 12.8. The van der Waals surface area contributed by atoms with Gasteiger partial charge < -0.3 is 0 Å². The van der Waals surface area contributed by atoms with Gasteiger partial charge in [0.15, 0.2) is 0 Å². The minimum Gasteiger partial charge on any atom is -0.271 e. The van der Waals surface area contributed by atoms with Crippen molar-refractivity contribution in [3.63, 3.8) is 0 Å². The van der Waals surface area contributed by atoms with E-state index in [1.165, 1.54) is 12.1 Å². The number of hydrogen-bond donors (Lipinski definition) is 2. The summed E-state index contributed by atoms with van der Waals surface area (Å²) in [6.45, 7) is 3.97. The number of hydrogen-bond acceptors (Lipinski definition) is 3. The van der Waals surface area contributed by atoms with E-state index in [1.54, 1.807) is 11.8 Å². The second kappa shape index (κ2) is 6.10. The Labute approximate surface area is 94.4 Å². The minimum absolute atomic E-state index is 0.0179. The monoisotopic (exact) mass is 228 g/mol. The zero-order valence-corrected chi connectivity index (χ0v) is 9.90. The SMILES string of the molecule is CCSCC(NN)c1cc(C)cc(F)c1. The van der Waals surface area contributed by atoms with Crippen molar-refractivity contribution in [2.75, 3.05) is 11.5 Å². The number of benzene rings is 1. The van der Waals surface area contributed by atoms with Gasteiger partial charge in [0.1, 0.15) is 5.82 Å². The molecule has 0 amide bonds.